The second-order valence-corrected chi connectivity index (χ2v) is 4.31. The summed E-state index contributed by atoms with van der Waals surface area (Å²) in [7, 11) is 0. The van der Waals surface area contributed by atoms with Crippen molar-refractivity contribution in [3.05, 3.63) is 24.2 Å². The molecule has 0 radical (unpaired) electrons. The lowest BCUT2D eigenvalue weighted by molar-refractivity contribution is 0.316. The molecule has 3 nitrogen and oxygen atoms in total. The van der Waals surface area contributed by atoms with E-state index in [0.29, 0.717) is 12.6 Å². The summed E-state index contributed by atoms with van der Waals surface area (Å²) in [5, 5.41) is 3.59. The van der Waals surface area contributed by atoms with E-state index in [0.717, 1.165) is 5.76 Å². The largest absolute Gasteiger partial charge is 0.468 e. The zero-order valence-electron chi connectivity index (χ0n) is 9.11. The summed E-state index contributed by atoms with van der Waals surface area (Å²) < 4.78 is 5.39. The highest BCUT2D eigenvalue weighted by Gasteiger charge is 2.19. The van der Waals surface area contributed by atoms with Gasteiger partial charge < -0.3 is 15.5 Å². The summed E-state index contributed by atoms with van der Waals surface area (Å²) >= 11 is 0. The Morgan fingerprint density at radius 3 is 2.80 bits per heavy atom. The van der Waals surface area contributed by atoms with E-state index >= 15 is 0 Å². The molecular formula is C12H20N2O. The summed E-state index contributed by atoms with van der Waals surface area (Å²) in [5.74, 6) is 0.961. The molecule has 2 rings (SSSR count). The fourth-order valence-electron chi connectivity index (χ4n) is 2.31. The summed E-state index contributed by atoms with van der Waals surface area (Å²) in [5.41, 5.74) is 5.76. The van der Waals surface area contributed by atoms with Crippen LogP contribution in [-0.2, 0) is 0 Å². The molecule has 0 amide bonds. The molecule has 1 fully saturated rings. The molecule has 1 unspecified atom stereocenters. The van der Waals surface area contributed by atoms with Crippen molar-refractivity contribution in [1.82, 2.24) is 5.32 Å². The van der Waals surface area contributed by atoms with Crippen LogP contribution in [-0.4, -0.2) is 12.6 Å². The highest BCUT2D eigenvalue weighted by molar-refractivity contribution is 5.05. The van der Waals surface area contributed by atoms with E-state index in [9.17, 15) is 0 Å². The van der Waals surface area contributed by atoms with Crippen molar-refractivity contribution in [2.24, 2.45) is 5.73 Å². The lowest BCUT2D eigenvalue weighted by atomic mass is 9.94. The van der Waals surface area contributed by atoms with Gasteiger partial charge in [0, 0.05) is 12.6 Å². The van der Waals surface area contributed by atoms with E-state index in [4.69, 9.17) is 10.2 Å². The van der Waals surface area contributed by atoms with Crippen LogP contribution in [0.3, 0.4) is 0 Å². The van der Waals surface area contributed by atoms with Crippen LogP contribution in [0.5, 0.6) is 0 Å². The smallest absolute Gasteiger partial charge is 0.121 e. The van der Waals surface area contributed by atoms with Gasteiger partial charge in [-0.1, -0.05) is 19.3 Å². The van der Waals surface area contributed by atoms with Gasteiger partial charge in [0.05, 0.1) is 12.3 Å². The van der Waals surface area contributed by atoms with Gasteiger partial charge in [-0.2, -0.15) is 0 Å². The van der Waals surface area contributed by atoms with Crippen LogP contribution in [0.4, 0.5) is 0 Å². The lowest BCUT2D eigenvalue weighted by Gasteiger charge is -2.26. The second-order valence-electron chi connectivity index (χ2n) is 4.31. The zero-order valence-corrected chi connectivity index (χ0v) is 9.11. The van der Waals surface area contributed by atoms with Crippen molar-refractivity contribution in [1.29, 1.82) is 0 Å². The predicted molar refractivity (Wildman–Crippen MR) is 60.5 cm³/mol. The fraction of sp³-hybridized carbons (Fsp3) is 0.667. The van der Waals surface area contributed by atoms with Crippen LogP contribution in [0.15, 0.2) is 22.8 Å². The first-order chi connectivity index (χ1) is 7.40. The van der Waals surface area contributed by atoms with Gasteiger partial charge in [-0.3, -0.25) is 0 Å². The predicted octanol–water partition coefficient (Wildman–Crippen LogP) is 2.20. The molecule has 1 aliphatic rings. The van der Waals surface area contributed by atoms with Gasteiger partial charge in [-0.15, -0.1) is 0 Å². The van der Waals surface area contributed by atoms with Crippen molar-refractivity contribution in [2.75, 3.05) is 6.54 Å². The average molecular weight is 208 g/mol. The van der Waals surface area contributed by atoms with Crippen LogP contribution in [0.1, 0.15) is 43.9 Å². The molecule has 0 saturated heterocycles. The maximum Gasteiger partial charge on any atom is 0.121 e. The SMILES string of the molecule is NCC(NC1CCCCC1)c1ccco1. The van der Waals surface area contributed by atoms with Crippen LogP contribution in [0.2, 0.25) is 0 Å². The quantitative estimate of drug-likeness (QED) is 0.797. The van der Waals surface area contributed by atoms with Crippen molar-refractivity contribution in [2.45, 2.75) is 44.2 Å². The highest BCUT2D eigenvalue weighted by atomic mass is 16.3. The average Bonchev–Trinajstić information content (AvgIpc) is 2.81. The maximum atomic E-state index is 5.76. The molecule has 1 aromatic rings. The summed E-state index contributed by atoms with van der Waals surface area (Å²) in [6.45, 7) is 0.601. The molecule has 1 atom stereocenters. The highest BCUT2D eigenvalue weighted by Crippen LogP contribution is 2.21. The van der Waals surface area contributed by atoms with E-state index in [1.165, 1.54) is 32.1 Å². The first kappa shape index (κ1) is 10.7. The Morgan fingerprint density at radius 1 is 1.40 bits per heavy atom. The Labute approximate surface area is 91.0 Å². The van der Waals surface area contributed by atoms with Gasteiger partial charge in [-0.25, -0.2) is 0 Å². The third-order valence-corrected chi connectivity index (χ3v) is 3.16. The van der Waals surface area contributed by atoms with E-state index in [2.05, 4.69) is 5.32 Å². The van der Waals surface area contributed by atoms with Crippen molar-refractivity contribution in [3.63, 3.8) is 0 Å². The lowest BCUT2D eigenvalue weighted by Crippen LogP contribution is -2.37. The van der Waals surface area contributed by atoms with Crippen LogP contribution in [0, 0.1) is 0 Å². The number of hydrogen-bond acceptors (Lipinski definition) is 3. The molecule has 0 aromatic carbocycles. The van der Waals surface area contributed by atoms with Gasteiger partial charge in [0.2, 0.25) is 0 Å². The van der Waals surface area contributed by atoms with Gasteiger partial charge in [0.1, 0.15) is 5.76 Å². The Hall–Kier alpha value is -0.800. The van der Waals surface area contributed by atoms with Crippen molar-refractivity contribution < 1.29 is 4.42 Å². The van der Waals surface area contributed by atoms with Crippen molar-refractivity contribution >= 4 is 0 Å². The van der Waals surface area contributed by atoms with E-state index in [1.807, 2.05) is 12.1 Å². The van der Waals surface area contributed by atoms with Crippen LogP contribution in [0.25, 0.3) is 0 Å². The molecule has 0 aliphatic heterocycles. The fourth-order valence-corrected chi connectivity index (χ4v) is 2.31. The minimum absolute atomic E-state index is 0.183. The number of furan rings is 1. The van der Waals surface area contributed by atoms with Crippen LogP contribution >= 0.6 is 0 Å². The molecule has 84 valence electrons. The van der Waals surface area contributed by atoms with Crippen LogP contribution < -0.4 is 11.1 Å². The molecule has 1 aromatic heterocycles. The third-order valence-electron chi connectivity index (χ3n) is 3.16. The Bertz CT molecular complexity index is 265. The van der Waals surface area contributed by atoms with Gasteiger partial charge >= 0.3 is 0 Å². The molecule has 15 heavy (non-hydrogen) atoms. The molecule has 3 N–H and O–H groups in total. The Morgan fingerprint density at radius 2 is 2.20 bits per heavy atom. The zero-order chi connectivity index (χ0) is 10.5. The second kappa shape index (κ2) is 5.33. The number of nitrogens with one attached hydrogen (secondary N) is 1. The minimum Gasteiger partial charge on any atom is -0.468 e. The summed E-state index contributed by atoms with van der Waals surface area (Å²) in [4.78, 5) is 0. The number of rotatable bonds is 4. The number of nitrogens with two attached hydrogens (primary N) is 1. The summed E-state index contributed by atoms with van der Waals surface area (Å²) in [6, 6.07) is 4.72. The molecule has 1 heterocycles. The molecule has 1 saturated carbocycles. The first-order valence-corrected chi connectivity index (χ1v) is 5.89. The van der Waals surface area contributed by atoms with Gasteiger partial charge in [0.15, 0.2) is 0 Å². The van der Waals surface area contributed by atoms with E-state index < -0.39 is 0 Å². The molecule has 0 bridgehead atoms. The molecule has 3 heteroatoms. The van der Waals surface area contributed by atoms with E-state index in [-0.39, 0.29) is 6.04 Å². The Kier molecular flexibility index (Phi) is 3.80. The normalized spacial score (nSPS) is 20.3. The first-order valence-electron chi connectivity index (χ1n) is 5.89. The van der Waals surface area contributed by atoms with E-state index in [1.54, 1.807) is 6.26 Å². The monoisotopic (exact) mass is 208 g/mol. The van der Waals surface area contributed by atoms with Gasteiger partial charge in [0.25, 0.3) is 0 Å². The standard InChI is InChI=1S/C12H20N2O/c13-9-11(12-7-4-8-15-12)14-10-5-2-1-3-6-10/h4,7-8,10-11,14H,1-3,5-6,9,13H2. The topological polar surface area (TPSA) is 51.2 Å². The Balaban J connectivity index is 1.90. The maximum absolute atomic E-state index is 5.76. The minimum atomic E-state index is 0.183. The molecular weight excluding hydrogens is 188 g/mol. The third kappa shape index (κ3) is 2.83. The van der Waals surface area contributed by atoms with Gasteiger partial charge in [-0.05, 0) is 25.0 Å². The van der Waals surface area contributed by atoms with Crippen molar-refractivity contribution in [3.8, 4) is 0 Å². The molecule has 0 spiro atoms. The summed E-state index contributed by atoms with van der Waals surface area (Å²) in [6.07, 6.45) is 8.32. The molecule has 1 aliphatic carbocycles. The number of hydrogen-bond donors (Lipinski definition) is 2.